The van der Waals surface area contributed by atoms with Crippen LogP contribution in [-0.2, 0) is 0 Å². The summed E-state index contributed by atoms with van der Waals surface area (Å²) in [6.45, 7) is 0. The molecule has 0 nitrogen and oxygen atoms in total. The van der Waals surface area contributed by atoms with E-state index in [2.05, 4.69) is 0 Å². The van der Waals surface area contributed by atoms with E-state index in [1.165, 1.54) is 0 Å². The molecule has 0 saturated carbocycles. The molecule has 0 aromatic carbocycles. The summed E-state index contributed by atoms with van der Waals surface area (Å²) >= 11 is 17.1. The number of rotatable bonds is 1. The first-order valence-electron chi connectivity index (χ1n) is 2.52. The summed E-state index contributed by atoms with van der Waals surface area (Å²) in [6, 6.07) is -2.48. The zero-order valence-corrected chi connectivity index (χ0v) is 7.79. The van der Waals surface area contributed by atoms with Crippen molar-refractivity contribution in [3.05, 3.63) is 24.3 Å². The molecule has 1 aliphatic carbocycles. The highest BCUT2D eigenvalue weighted by atomic mass is 35.8. The molecule has 0 N–H and O–H groups in total. The van der Waals surface area contributed by atoms with Gasteiger partial charge in [0, 0.05) is 5.54 Å². The van der Waals surface area contributed by atoms with Gasteiger partial charge in [-0.15, -0.1) is 33.2 Å². The first kappa shape index (κ1) is 7.67. The van der Waals surface area contributed by atoms with Crippen LogP contribution in [0.25, 0.3) is 0 Å². The number of allylic oxidation sites excluding steroid dienone is 4. The molecule has 50 valence electrons. The van der Waals surface area contributed by atoms with Crippen LogP contribution < -0.4 is 0 Å². The third-order valence-corrected chi connectivity index (χ3v) is 4.53. The van der Waals surface area contributed by atoms with Crippen molar-refractivity contribution in [1.29, 1.82) is 0 Å². The van der Waals surface area contributed by atoms with Crippen LogP contribution >= 0.6 is 33.2 Å². The summed E-state index contributed by atoms with van der Waals surface area (Å²) in [5, 5.41) is 0. The second-order valence-corrected chi connectivity index (χ2v) is 10.7. The average Bonchev–Trinajstić information content (AvgIpc) is 2.08. The zero-order valence-electron chi connectivity index (χ0n) is 4.52. The van der Waals surface area contributed by atoms with Gasteiger partial charge in [-0.1, -0.05) is 24.3 Å². The molecule has 0 aromatic heterocycles. The minimum Gasteiger partial charge on any atom is -0.125 e. The van der Waals surface area contributed by atoms with Crippen LogP contribution in [0.1, 0.15) is 0 Å². The van der Waals surface area contributed by atoms with Crippen LogP contribution in [0.4, 0.5) is 0 Å². The molecule has 0 aliphatic heterocycles. The topological polar surface area (TPSA) is 0 Å². The van der Waals surface area contributed by atoms with Gasteiger partial charge in [0.2, 0.25) is 0 Å². The van der Waals surface area contributed by atoms with Crippen molar-refractivity contribution in [1.82, 2.24) is 0 Å². The fraction of sp³-hybridized carbons (Fsp3) is 0.200. The molecule has 1 rings (SSSR count). The second kappa shape index (κ2) is 2.66. The van der Waals surface area contributed by atoms with E-state index < -0.39 is 6.00 Å². The van der Waals surface area contributed by atoms with Gasteiger partial charge in [-0.05, 0) is 0 Å². The fourth-order valence-corrected chi connectivity index (χ4v) is 2.62. The third-order valence-electron chi connectivity index (χ3n) is 1.13. The molecule has 0 saturated heterocycles. The molecule has 9 heavy (non-hydrogen) atoms. The predicted molar refractivity (Wildman–Crippen MR) is 45.3 cm³/mol. The van der Waals surface area contributed by atoms with Crippen LogP contribution in [0.5, 0.6) is 0 Å². The van der Waals surface area contributed by atoms with E-state index in [0.717, 1.165) is 0 Å². The summed E-state index contributed by atoms with van der Waals surface area (Å²) in [4.78, 5) is 0. The Kier molecular flexibility index (Phi) is 2.27. The molecule has 0 spiro atoms. The fourth-order valence-electron chi connectivity index (χ4n) is 0.650. The number of halogens is 3. The molecule has 0 unspecified atom stereocenters. The van der Waals surface area contributed by atoms with Crippen molar-refractivity contribution < 1.29 is 0 Å². The quantitative estimate of drug-likeness (QED) is 0.450. The van der Waals surface area contributed by atoms with Crippen molar-refractivity contribution in [3.63, 3.8) is 0 Å². The Hall–Kier alpha value is 0.567. The summed E-state index contributed by atoms with van der Waals surface area (Å²) in [5.41, 5.74) is 0.0856. The second-order valence-electron chi connectivity index (χ2n) is 1.84. The monoisotopic (exact) mass is 198 g/mol. The Labute approximate surface area is 69.2 Å². The number of hydrogen-bond donors (Lipinski definition) is 0. The Morgan fingerprint density at radius 1 is 1.00 bits per heavy atom. The average molecular weight is 200 g/mol. The van der Waals surface area contributed by atoms with Gasteiger partial charge < -0.3 is 0 Å². The third kappa shape index (κ3) is 2.01. The van der Waals surface area contributed by atoms with Crippen LogP contribution in [0.2, 0.25) is 5.54 Å². The van der Waals surface area contributed by atoms with Crippen molar-refractivity contribution in [2.45, 2.75) is 5.54 Å². The maximum Gasteiger partial charge on any atom is 0.351 e. The highest BCUT2D eigenvalue weighted by molar-refractivity contribution is 7.65. The summed E-state index contributed by atoms with van der Waals surface area (Å²) < 4.78 is 0. The maximum atomic E-state index is 5.71. The van der Waals surface area contributed by atoms with Crippen molar-refractivity contribution in [2.24, 2.45) is 0 Å². The molecule has 0 heterocycles. The van der Waals surface area contributed by atoms with Crippen molar-refractivity contribution >= 4 is 39.2 Å². The first-order valence-corrected chi connectivity index (χ1v) is 7.64. The minimum atomic E-state index is -2.48. The Bertz CT molecular complexity index is 144. The maximum absolute atomic E-state index is 5.71. The molecule has 1 aliphatic rings. The van der Waals surface area contributed by atoms with Crippen LogP contribution in [0, 0.1) is 0 Å². The molecular formula is C5H5Cl3Si. The highest BCUT2D eigenvalue weighted by Crippen LogP contribution is 2.37. The Morgan fingerprint density at radius 2 is 1.44 bits per heavy atom. The molecule has 0 radical (unpaired) electrons. The number of hydrogen-bond acceptors (Lipinski definition) is 0. The molecule has 0 atom stereocenters. The largest absolute Gasteiger partial charge is 0.351 e. The van der Waals surface area contributed by atoms with E-state index in [9.17, 15) is 0 Å². The molecule has 4 heteroatoms. The zero-order chi connectivity index (χ0) is 6.91. The van der Waals surface area contributed by atoms with Crippen LogP contribution in [0.15, 0.2) is 24.3 Å². The van der Waals surface area contributed by atoms with Gasteiger partial charge in [0.05, 0.1) is 0 Å². The lowest BCUT2D eigenvalue weighted by atomic mass is 10.5. The molecule has 0 fully saturated rings. The van der Waals surface area contributed by atoms with E-state index in [1.54, 1.807) is 0 Å². The van der Waals surface area contributed by atoms with Gasteiger partial charge in [0.15, 0.2) is 0 Å². The van der Waals surface area contributed by atoms with E-state index in [1.807, 2.05) is 24.3 Å². The van der Waals surface area contributed by atoms with Crippen molar-refractivity contribution in [3.8, 4) is 0 Å². The minimum absolute atomic E-state index is 0.0856. The SMILES string of the molecule is Cl[Si](Cl)(Cl)C1C=CC=C1. The van der Waals surface area contributed by atoms with E-state index >= 15 is 0 Å². The van der Waals surface area contributed by atoms with E-state index in [-0.39, 0.29) is 5.54 Å². The lowest BCUT2D eigenvalue weighted by Gasteiger charge is -2.10. The van der Waals surface area contributed by atoms with Crippen molar-refractivity contribution in [2.75, 3.05) is 0 Å². The Balaban J connectivity index is 2.64. The Morgan fingerprint density at radius 3 is 1.67 bits per heavy atom. The normalized spacial score (nSPS) is 19.4. The highest BCUT2D eigenvalue weighted by Gasteiger charge is 2.33. The first-order chi connectivity index (χ1) is 4.11. The lowest BCUT2D eigenvalue weighted by molar-refractivity contribution is 1.40. The molecular weight excluding hydrogens is 194 g/mol. The summed E-state index contributed by atoms with van der Waals surface area (Å²) in [6.07, 6.45) is 7.64. The van der Waals surface area contributed by atoms with Crippen LogP contribution in [0.3, 0.4) is 0 Å². The molecule has 0 bridgehead atoms. The molecule has 0 aromatic rings. The van der Waals surface area contributed by atoms with Gasteiger partial charge in [0.1, 0.15) is 0 Å². The van der Waals surface area contributed by atoms with Gasteiger partial charge in [-0.25, -0.2) is 0 Å². The smallest absolute Gasteiger partial charge is 0.125 e. The summed E-state index contributed by atoms with van der Waals surface area (Å²) in [7, 11) is 0. The van der Waals surface area contributed by atoms with Crippen LogP contribution in [-0.4, -0.2) is 6.00 Å². The predicted octanol–water partition coefficient (Wildman–Crippen LogP) is 3.14. The molecule has 0 amide bonds. The standard InChI is InChI=1S/C5H5Cl3Si/c6-9(7,8)5-3-1-2-4-5/h1-5H. The van der Waals surface area contributed by atoms with Gasteiger partial charge in [-0.3, -0.25) is 0 Å². The van der Waals surface area contributed by atoms with Gasteiger partial charge >= 0.3 is 6.00 Å². The lowest BCUT2D eigenvalue weighted by Crippen LogP contribution is -2.14. The van der Waals surface area contributed by atoms with E-state index in [4.69, 9.17) is 33.2 Å². The van der Waals surface area contributed by atoms with Gasteiger partial charge in [0.25, 0.3) is 0 Å². The van der Waals surface area contributed by atoms with E-state index in [0.29, 0.717) is 0 Å². The van der Waals surface area contributed by atoms with Gasteiger partial charge in [-0.2, -0.15) is 0 Å². The summed E-state index contributed by atoms with van der Waals surface area (Å²) in [5.74, 6) is 0.